The van der Waals surface area contributed by atoms with E-state index in [1.54, 1.807) is 30.5 Å². The van der Waals surface area contributed by atoms with Crippen LogP contribution in [0.3, 0.4) is 0 Å². The Balaban J connectivity index is 1.77. The van der Waals surface area contributed by atoms with Gasteiger partial charge in [-0.1, -0.05) is 42.5 Å². The number of hydrogen-bond donors (Lipinski definition) is 2. The summed E-state index contributed by atoms with van der Waals surface area (Å²) in [6.45, 7) is 0. The highest BCUT2D eigenvalue weighted by atomic mass is 79.9. The van der Waals surface area contributed by atoms with Gasteiger partial charge in [0.2, 0.25) is 5.91 Å². The molecule has 0 saturated heterocycles. The van der Waals surface area contributed by atoms with Crippen molar-refractivity contribution in [2.75, 3.05) is 0 Å². The summed E-state index contributed by atoms with van der Waals surface area (Å²) in [7, 11) is 0. The molecule has 0 aliphatic carbocycles. The molecule has 2 aromatic rings. The summed E-state index contributed by atoms with van der Waals surface area (Å²) in [6, 6.07) is 16.6. The molecule has 0 spiro atoms. The van der Waals surface area contributed by atoms with Crippen LogP contribution in [0.15, 0.2) is 64.2 Å². The van der Waals surface area contributed by atoms with Crippen LogP contribution in [0.2, 0.25) is 0 Å². The first-order valence-corrected chi connectivity index (χ1v) is 7.95. The van der Waals surface area contributed by atoms with Gasteiger partial charge in [-0.3, -0.25) is 4.79 Å². The molecule has 0 atom stereocenters. The second-order valence-electron chi connectivity index (χ2n) is 4.90. The highest BCUT2D eigenvalue weighted by Crippen LogP contribution is 2.11. The summed E-state index contributed by atoms with van der Waals surface area (Å²) in [5.41, 5.74) is 4.53. The lowest BCUT2D eigenvalue weighted by Crippen LogP contribution is -2.17. The number of halogens is 1. The summed E-state index contributed by atoms with van der Waals surface area (Å²) >= 11 is 3.38. The summed E-state index contributed by atoms with van der Waals surface area (Å²) in [4.78, 5) is 11.7. The van der Waals surface area contributed by atoms with Crippen molar-refractivity contribution in [1.29, 1.82) is 0 Å². The second-order valence-corrected chi connectivity index (χ2v) is 5.82. The second kappa shape index (κ2) is 8.90. The minimum Gasteiger partial charge on any atom is -0.508 e. The van der Waals surface area contributed by atoms with Crippen LogP contribution in [0.25, 0.3) is 6.08 Å². The van der Waals surface area contributed by atoms with Crippen LogP contribution in [0.1, 0.15) is 17.5 Å². The van der Waals surface area contributed by atoms with Crippen molar-refractivity contribution < 1.29 is 9.90 Å². The van der Waals surface area contributed by atoms with Gasteiger partial charge < -0.3 is 5.11 Å². The number of carbonyl (C=O) groups is 1. The number of hydrogen-bond acceptors (Lipinski definition) is 3. The van der Waals surface area contributed by atoms with E-state index >= 15 is 0 Å². The molecule has 2 aromatic carbocycles. The van der Waals surface area contributed by atoms with Crippen molar-refractivity contribution in [1.82, 2.24) is 5.43 Å². The molecule has 0 heterocycles. The maximum Gasteiger partial charge on any atom is 0.240 e. The number of aromatic hydroxyl groups is 1. The predicted octanol–water partition coefficient (Wildman–Crippen LogP) is 3.86. The monoisotopic (exact) mass is 372 g/mol. The van der Waals surface area contributed by atoms with E-state index in [0.717, 1.165) is 15.6 Å². The fourth-order valence-corrected chi connectivity index (χ4v) is 2.25. The Morgan fingerprint density at radius 3 is 2.52 bits per heavy atom. The Bertz CT molecular complexity index is 695. The molecule has 118 valence electrons. The third-order valence-corrected chi connectivity index (χ3v) is 3.49. The third-order valence-electron chi connectivity index (χ3n) is 3.06. The van der Waals surface area contributed by atoms with E-state index in [0.29, 0.717) is 12.8 Å². The summed E-state index contributed by atoms with van der Waals surface area (Å²) < 4.78 is 0.766. The van der Waals surface area contributed by atoms with E-state index in [4.69, 9.17) is 0 Å². The number of nitrogens with one attached hydrogen (secondary N) is 1. The summed E-state index contributed by atoms with van der Waals surface area (Å²) in [5.74, 6) is 0.0622. The van der Waals surface area contributed by atoms with Crippen LogP contribution >= 0.6 is 15.9 Å². The number of aryl methyl sites for hydroxylation is 1. The van der Waals surface area contributed by atoms with Gasteiger partial charge in [-0.2, -0.15) is 5.10 Å². The molecule has 23 heavy (non-hydrogen) atoms. The van der Waals surface area contributed by atoms with Gasteiger partial charge in [-0.05, 0) is 51.7 Å². The number of nitrogens with zero attached hydrogens (tertiary/aromatic N) is 1. The smallest absolute Gasteiger partial charge is 0.240 e. The number of carbonyl (C=O) groups excluding carboxylic acids is 1. The molecule has 4 nitrogen and oxygen atoms in total. The van der Waals surface area contributed by atoms with E-state index in [1.807, 2.05) is 36.4 Å². The lowest BCUT2D eigenvalue weighted by molar-refractivity contribution is -0.121. The predicted molar refractivity (Wildman–Crippen MR) is 96.4 cm³/mol. The van der Waals surface area contributed by atoms with Gasteiger partial charge in [0.1, 0.15) is 5.75 Å². The molecule has 0 fully saturated rings. The maximum absolute atomic E-state index is 11.7. The van der Waals surface area contributed by atoms with Crippen molar-refractivity contribution in [2.24, 2.45) is 5.10 Å². The largest absolute Gasteiger partial charge is 0.508 e. The Kier molecular flexibility index (Phi) is 6.56. The lowest BCUT2D eigenvalue weighted by Gasteiger charge is -2.01. The number of benzene rings is 2. The molecule has 0 radical (unpaired) electrons. The van der Waals surface area contributed by atoms with Crippen molar-refractivity contribution in [3.63, 3.8) is 0 Å². The van der Waals surface area contributed by atoms with Crippen molar-refractivity contribution in [3.05, 3.63) is 70.2 Å². The Hall–Kier alpha value is -2.40. The molecular weight excluding hydrogens is 356 g/mol. The zero-order valence-corrected chi connectivity index (χ0v) is 14.0. The zero-order chi connectivity index (χ0) is 16.5. The van der Waals surface area contributed by atoms with E-state index < -0.39 is 0 Å². The van der Waals surface area contributed by atoms with Crippen LogP contribution < -0.4 is 5.43 Å². The topological polar surface area (TPSA) is 61.7 Å². The average molecular weight is 373 g/mol. The molecule has 2 rings (SSSR count). The Morgan fingerprint density at radius 1 is 1.13 bits per heavy atom. The van der Waals surface area contributed by atoms with Gasteiger partial charge in [-0.15, -0.1) is 0 Å². The van der Waals surface area contributed by atoms with Crippen LogP contribution in [0, 0.1) is 0 Å². The number of phenolic OH excluding ortho intramolecular Hbond substituents is 1. The van der Waals surface area contributed by atoms with Crippen molar-refractivity contribution >= 4 is 34.1 Å². The van der Waals surface area contributed by atoms with Crippen LogP contribution in [0.4, 0.5) is 0 Å². The summed E-state index contributed by atoms with van der Waals surface area (Å²) in [6.07, 6.45) is 4.39. The Morgan fingerprint density at radius 2 is 1.83 bits per heavy atom. The molecule has 0 aromatic heterocycles. The first-order chi connectivity index (χ1) is 11.1. The molecule has 2 N–H and O–H groups in total. The fraction of sp³-hybridized carbons (Fsp3) is 0.111. The molecule has 0 bridgehead atoms. The molecule has 5 heteroatoms. The van der Waals surface area contributed by atoms with Crippen molar-refractivity contribution in [3.8, 4) is 5.75 Å². The van der Waals surface area contributed by atoms with Crippen LogP contribution in [-0.4, -0.2) is 17.2 Å². The molecule has 0 aliphatic rings. The van der Waals surface area contributed by atoms with Gasteiger partial charge in [0, 0.05) is 10.9 Å². The normalized spacial score (nSPS) is 11.6. The van der Waals surface area contributed by atoms with Crippen LogP contribution in [0.5, 0.6) is 5.75 Å². The quantitative estimate of drug-likeness (QED) is 0.597. The molecule has 0 saturated carbocycles. The highest BCUT2D eigenvalue weighted by molar-refractivity contribution is 9.12. The summed E-state index contributed by atoms with van der Waals surface area (Å²) in [5, 5.41) is 13.1. The van der Waals surface area contributed by atoms with Gasteiger partial charge >= 0.3 is 0 Å². The first-order valence-electron chi connectivity index (χ1n) is 7.15. The molecule has 0 aliphatic heterocycles. The third kappa shape index (κ3) is 6.48. The van der Waals surface area contributed by atoms with Crippen LogP contribution in [-0.2, 0) is 11.2 Å². The highest BCUT2D eigenvalue weighted by Gasteiger charge is 2.01. The lowest BCUT2D eigenvalue weighted by atomic mass is 10.1. The molecule has 0 unspecified atom stereocenters. The van der Waals surface area contributed by atoms with E-state index in [9.17, 15) is 9.90 Å². The number of amides is 1. The van der Waals surface area contributed by atoms with Gasteiger partial charge in [-0.25, -0.2) is 5.43 Å². The standard InChI is InChI=1S/C18H17BrN2O2/c19-16(12-15-4-2-1-3-5-15)13-20-21-18(23)11-8-14-6-9-17(22)10-7-14/h1-7,9-10,12-13,22H,8,11H2,(H,21,23)/b16-12-,20-13+. The zero-order valence-electron chi connectivity index (χ0n) is 12.4. The van der Waals surface area contributed by atoms with E-state index in [1.165, 1.54) is 0 Å². The number of rotatable bonds is 6. The first kappa shape index (κ1) is 17.0. The minimum absolute atomic E-state index is 0.158. The van der Waals surface area contributed by atoms with Gasteiger partial charge in [0.05, 0.1) is 6.21 Å². The molecule has 1 amide bonds. The van der Waals surface area contributed by atoms with Crippen molar-refractivity contribution in [2.45, 2.75) is 12.8 Å². The SMILES string of the molecule is O=C(CCc1ccc(O)cc1)N/N=C/C(Br)=C/c1ccccc1. The maximum atomic E-state index is 11.7. The Labute approximate surface area is 143 Å². The van der Waals surface area contributed by atoms with E-state index in [2.05, 4.69) is 26.5 Å². The van der Waals surface area contributed by atoms with E-state index in [-0.39, 0.29) is 11.7 Å². The molecular formula is C18H17BrN2O2. The average Bonchev–Trinajstić information content (AvgIpc) is 2.55. The fourth-order valence-electron chi connectivity index (χ4n) is 1.89. The number of phenols is 1. The van der Waals surface area contributed by atoms with Gasteiger partial charge in [0.15, 0.2) is 0 Å². The number of hydrazone groups is 1. The number of allylic oxidation sites excluding steroid dienone is 1. The van der Waals surface area contributed by atoms with Gasteiger partial charge in [0.25, 0.3) is 0 Å². The minimum atomic E-state index is -0.158.